The van der Waals surface area contributed by atoms with Gasteiger partial charge in [-0.15, -0.1) is 11.3 Å². The summed E-state index contributed by atoms with van der Waals surface area (Å²) in [5.74, 6) is -0.682. The first-order chi connectivity index (χ1) is 9.12. The Kier molecular flexibility index (Phi) is 4.96. The van der Waals surface area contributed by atoms with Crippen LogP contribution in [0.15, 0.2) is 17.5 Å². The van der Waals surface area contributed by atoms with E-state index in [1.807, 2.05) is 7.05 Å². The Labute approximate surface area is 118 Å². The average Bonchev–Trinajstić information content (AvgIpc) is 2.90. The van der Waals surface area contributed by atoms with Crippen LogP contribution in [0.25, 0.3) is 0 Å². The number of ether oxygens (including phenoxy) is 1. The minimum absolute atomic E-state index is 0.561. The topological polar surface area (TPSA) is 49.8 Å². The Balaban J connectivity index is 1.88. The summed E-state index contributed by atoms with van der Waals surface area (Å²) in [5, 5.41) is 11.6. The number of carbonyl (C=O) groups is 1. The monoisotopic (exact) mass is 283 g/mol. The summed E-state index contributed by atoms with van der Waals surface area (Å²) in [5.41, 5.74) is -0.623. The number of likely N-dealkylation sites (N-methyl/N-ethyl adjacent to an activating group) is 1. The van der Waals surface area contributed by atoms with Gasteiger partial charge in [0.1, 0.15) is 0 Å². The van der Waals surface area contributed by atoms with Gasteiger partial charge in [0.05, 0.1) is 5.41 Å². The summed E-state index contributed by atoms with van der Waals surface area (Å²) in [6, 6.07) is 4.18. The molecular formula is C14H21NO3S. The third kappa shape index (κ3) is 3.78. The van der Waals surface area contributed by atoms with Crippen LogP contribution in [0.1, 0.15) is 17.7 Å². The van der Waals surface area contributed by atoms with Crippen LogP contribution in [-0.2, 0) is 16.0 Å². The van der Waals surface area contributed by atoms with Crippen LogP contribution in [0, 0.1) is 5.41 Å². The van der Waals surface area contributed by atoms with Crippen molar-refractivity contribution in [1.82, 2.24) is 4.90 Å². The molecule has 1 aliphatic rings. The molecule has 2 rings (SSSR count). The minimum Gasteiger partial charge on any atom is -0.481 e. The number of carboxylic acids is 1. The molecule has 0 aromatic carbocycles. The molecule has 0 saturated carbocycles. The van der Waals surface area contributed by atoms with Crippen LogP contribution in [0.5, 0.6) is 0 Å². The van der Waals surface area contributed by atoms with Gasteiger partial charge in [0.25, 0.3) is 0 Å². The van der Waals surface area contributed by atoms with Gasteiger partial charge < -0.3 is 14.7 Å². The van der Waals surface area contributed by atoms with Crippen LogP contribution < -0.4 is 0 Å². The fourth-order valence-electron chi connectivity index (χ4n) is 2.55. The maximum Gasteiger partial charge on any atom is 0.311 e. The van der Waals surface area contributed by atoms with E-state index >= 15 is 0 Å². The van der Waals surface area contributed by atoms with Gasteiger partial charge in [-0.1, -0.05) is 6.07 Å². The Morgan fingerprint density at radius 2 is 2.26 bits per heavy atom. The van der Waals surface area contributed by atoms with Crippen LogP contribution in [0.4, 0.5) is 0 Å². The molecule has 1 saturated heterocycles. The first-order valence-electron chi connectivity index (χ1n) is 6.64. The average molecular weight is 283 g/mol. The zero-order valence-electron chi connectivity index (χ0n) is 11.3. The third-order valence-corrected chi connectivity index (χ3v) is 4.73. The van der Waals surface area contributed by atoms with Crippen LogP contribution >= 0.6 is 11.3 Å². The van der Waals surface area contributed by atoms with E-state index in [0.29, 0.717) is 32.6 Å². The van der Waals surface area contributed by atoms with Gasteiger partial charge in [-0.3, -0.25) is 4.79 Å². The Hall–Kier alpha value is -0.910. The van der Waals surface area contributed by atoms with E-state index in [1.54, 1.807) is 11.3 Å². The molecule has 106 valence electrons. The molecule has 5 heteroatoms. The molecule has 1 aliphatic heterocycles. The summed E-state index contributed by atoms with van der Waals surface area (Å²) < 4.78 is 5.30. The largest absolute Gasteiger partial charge is 0.481 e. The van der Waals surface area contributed by atoms with Gasteiger partial charge in [0.15, 0.2) is 0 Å². The van der Waals surface area contributed by atoms with E-state index in [2.05, 4.69) is 22.4 Å². The van der Waals surface area contributed by atoms with Crippen molar-refractivity contribution >= 4 is 17.3 Å². The van der Waals surface area contributed by atoms with E-state index in [-0.39, 0.29) is 0 Å². The summed E-state index contributed by atoms with van der Waals surface area (Å²) in [4.78, 5) is 15.1. The lowest BCUT2D eigenvalue weighted by Gasteiger charge is -2.36. The van der Waals surface area contributed by atoms with Crippen molar-refractivity contribution in [2.45, 2.75) is 19.3 Å². The highest BCUT2D eigenvalue weighted by molar-refractivity contribution is 7.09. The van der Waals surface area contributed by atoms with Crippen molar-refractivity contribution in [3.05, 3.63) is 22.4 Å². The Bertz CT molecular complexity index is 399. The molecule has 0 aliphatic carbocycles. The van der Waals surface area contributed by atoms with E-state index in [9.17, 15) is 9.90 Å². The molecule has 4 nitrogen and oxygen atoms in total. The van der Waals surface area contributed by atoms with Gasteiger partial charge >= 0.3 is 5.97 Å². The summed E-state index contributed by atoms with van der Waals surface area (Å²) in [6.07, 6.45) is 2.22. The van der Waals surface area contributed by atoms with Gasteiger partial charge in [-0.25, -0.2) is 0 Å². The zero-order valence-corrected chi connectivity index (χ0v) is 12.1. The van der Waals surface area contributed by atoms with Crippen LogP contribution in [0.3, 0.4) is 0 Å². The lowest BCUT2D eigenvalue weighted by atomic mass is 9.80. The molecule has 0 unspecified atom stereocenters. The predicted octanol–water partition coefficient (Wildman–Crippen LogP) is 2.10. The molecule has 1 aromatic heterocycles. The molecule has 1 N–H and O–H groups in total. The molecule has 0 radical (unpaired) electrons. The van der Waals surface area contributed by atoms with Gasteiger partial charge in [-0.05, 0) is 37.8 Å². The molecule has 19 heavy (non-hydrogen) atoms. The normalized spacial score (nSPS) is 18.6. The fourth-order valence-corrected chi connectivity index (χ4v) is 3.25. The number of rotatable bonds is 6. The molecule has 1 fully saturated rings. The lowest BCUT2D eigenvalue weighted by molar-refractivity contribution is -0.156. The number of thiophene rings is 1. The first-order valence-corrected chi connectivity index (χ1v) is 7.52. The molecule has 0 amide bonds. The van der Waals surface area contributed by atoms with Crippen LogP contribution in [-0.4, -0.2) is 49.3 Å². The van der Waals surface area contributed by atoms with E-state index in [0.717, 1.165) is 13.0 Å². The van der Waals surface area contributed by atoms with E-state index in [1.165, 1.54) is 4.88 Å². The first kappa shape index (κ1) is 14.5. The second-order valence-corrected chi connectivity index (χ2v) is 6.30. The standard InChI is InChI=1S/C14H21NO3S/c1-15(7-4-12-3-2-10-19-12)11-14(13(16)17)5-8-18-9-6-14/h2-3,10H,4-9,11H2,1H3,(H,16,17). The van der Waals surface area contributed by atoms with Crippen LogP contribution in [0.2, 0.25) is 0 Å². The number of carboxylic acid groups (broad SMARTS) is 1. The molecule has 2 heterocycles. The SMILES string of the molecule is CN(CCc1cccs1)CC1(C(=O)O)CCOCC1. The highest BCUT2D eigenvalue weighted by Gasteiger charge is 2.40. The Morgan fingerprint density at radius 3 is 2.84 bits per heavy atom. The smallest absolute Gasteiger partial charge is 0.311 e. The molecule has 1 aromatic rings. The molecular weight excluding hydrogens is 262 g/mol. The third-order valence-electron chi connectivity index (χ3n) is 3.80. The number of aliphatic carboxylic acids is 1. The fraction of sp³-hybridized carbons (Fsp3) is 0.643. The van der Waals surface area contributed by atoms with Gasteiger partial charge in [-0.2, -0.15) is 0 Å². The summed E-state index contributed by atoms with van der Waals surface area (Å²) >= 11 is 1.75. The molecule has 0 bridgehead atoms. The molecule has 0 spiro atoms. The second kappa shape index (κ2) is 6.50. The maximum absolute atomic E-state index is 11.6. The quantitative estimate of drug-likeness (QED) is 0.868. The number of hydrogen-bond acceptors (Lipinski definition) is 4. The minimum atomic E-state index is -0.682. The van der Waals surface area contributed by atoms with Crippen molar-refractivity contribution in [2.24, 2.45) is 5.41 Å². The molecule has 0 atom stereocenters. The summed E-state index contributed by atoms with van der Waals surface area (Å²) in [6.45, 7) is 2.63. The van der Waals surface area contributed by atoms with Crippen molar-refractivity contribution in [2.75, 3.05) is 33.4 Å². The van der Waals surface area contributed by atoms with E-state index in [4.69, 9.17) is 4.74 Å². The van der Waals surface area contributed by atoms with E-state index < -0.39 is 11.4 Å². The van der Waals surface area contributed by atoms with Crippen molar-refractivity contribution < 1.29 is 14.6 Å². The van der Waals surface area contributed by atoms with Gasteiger partial charge in [0.2, 0.25) is 0 Å². The maximum atomic E-state index is 11.6. The summed E-state index contributed by atoms with van der Waals surface area (Å²) in [7, 11) is 2.01. The number of nitrogens with zero attached hydrogens (tertiary/aromatic N) is 1. The van der Waals surface area contributed by atoms with Crippen molar-refractivity contribution in [3.8, 4) is 0 Å². The lowest BCUT2D eigenvalue weighted by Crippen LogP contribution is -2.46. The highest BCUT2D eigenvalue weighted by atomic mass is 32.1. The predicted molar refractivity (Wildman–Crippen MR) is 75.6 cm³/mol. The van der Waals surface area contributed by atoms with Crippen molar-refractivity contribution in [3.63, 3.8) is 0 Å². The second-order valence-electron chi connectivity index (χ2n) is 5.27. The number of hydrogen-bond donors (Lipinski definition) is 1. The zero-order chi connectivity index (χ0) is 13.7. The Morgan fingerprint density at radius 1 is 1.53 bits per heavy atom. The van der Waals surface area contributed by atoms with Crippen molar-refractivity contribution in [1.29, 1.82) is 0 Å². The highest BCUT2D eigenvalue weighted by Crippen LogP contribution is 2.31. The van der Waals surface area contributed by atoms with Gasteiger partial charge in [0, 0.05) is 31.2 Å².